The molecule has 0 saturated heterocycles. The fourth-order valence-electron chi connectivity index (χ4n) is 1.78. The van der Waals surface area contributed by atoms with E-state index in [1.807, 2.05) is 6.07 Å². The monoisotopic (exact) mass is 238 g/mol. The predicted octanol–water partition coefficient (Wildman–Crippen LogP) is 2.67. The normalized spacial score (nSPS) is 15.6. The third-order valence-corrected chi connectivity index (χ3v) is 3.27. The molecule has 2 rings (SSSR count). The number of anilines is 1. The average molecular weight is 238 g/mol. The highest BCUT2D eigenvalue weighted by Crippen LogP contribution is 2.26. The van der Waals surface area contributed by atoms with Gasteiger partial charge in [0.15, 0.2) is 0 Å². The van der Waals surface area contributed by atoms with Gasteiger partial charge in [0.05, 0.1) is 0 Å². The lowest BCUT2D eigenvalue weighted by Gasteiger charge is -2.25. The number of benzene rings is 1. The second kappa shape index (κ2) is 4.78. The predicted molar refractivity (Wildman–Crippen MR) is 68.1 cm³/mol. The van der Waals surface area contributed by atoms with Crippen molar-refractivity contribution in [2.24, 2.45) is 11.7 Å². The molecule has 16 heavy (non-hydrogen) atoms. The van der Waals surface area contributed by atoms with Gasteiger partial charge in [-0.3, -0.25) is 0 Å². The van der Waals surface area contributed by atoms with Gasteiger partial charge in [0.1, 0.15) is 10.8 Å². The van der Waals surface area contributed by atoms with E-state index in [0.29, 0.717) is 5.56 Å². The lowest BCUT2D eigenvalue weighted by atomic mass is 9.85. The van der Waals surface area contributed by atoms with Crippen LogP contribution in [0, 0.1) is 11.7 Å². The molecule has 0 heterocycles. The first-order valence-electron chi connectivity index (χ1n) is 5.50. The summed E-state index contributed by atoms with van der Waals surface area (Å²) in [5.41, 5.74) is 6.49. The van der Waals surface area contributed by atoms with Crippen molar-refractivity contribution >= 4 is 22.9 Å². The summed E-state index contributed by atoms with van der Waals surface area (Å²) in [4.78, 5) is 0.100. The van der Waals surface area contributed by atoms with Crippen LogP contribution in [-0.4, -0.2) is 11.5 Å². The quantitative estimate of drug-likeness (QED) is 0.792. The summed E-state index contributed by atoms with van der Waals surface area (Å²) in [7, 11) is 0. The van der Waals surface area contributed by atoms with Crippen LogP contribution in [0.5, 0.6) is 0 Å². The lowest BCUT2D eigenvalue weighted by molar-refractivity contribution is 0.333. The number of rotatable bonds is 4. The highest BCUT2D eigenvalue weighted by molar-refractivity contribution is 7.80. The van der Waals surface area contributed by atoms with E-state index in [-0.39, 0.29) is 10.8 Å². The maximum atomic E-state index is 13.5. The number of hydrogen-bond donors (Lipinski definition) is 2. The molecule has 0 radical (unpaired) electrons. The van der Waals surface area contributed by atoms with Crippen LogP contribution in [0.1, 0.15) is 24.8 Å². The van der Waals surface area contributed by atoms with E-state index >= 15 is 0 Å². The molecule has 2 nitrogen and oxygen atoms in total. The number of nitrogens with one attached hydrogen (secondary N) is 1. The summed E-state index contributed by atoms with van der Waals surface area (Å²) >= 11 is 4.74. The lowest BCUT2D eigenvalue weighted by Crippen LogP contribution is -2.21. The Bertz CT molecular complexity index is 402. The first kappa shape index (κ1) is 11.3. The maximum absolute atomic E-state index is 13.5. The van der Waals surface area contributed by atoms with Crippen molar-refractivity contribution in [3.8, 4) is 0 Å². The minimum atomic E-state index is -0.355. The zero-order valence-corrected chi connectivity index (χ0v) is 9.82. The molecular formula is C12H15FN2S. The molecule has 0 spiro atoms. The Morgan fingerprint density at radius 1 is 1.50 bits per heavy atom. The molecule has 0 aliphatic heterocycles. The molecule has 1 fully saturated rings. The number of thiocarbonyl (C=S) groups is 1. The van der Waals surface area contributed by atoms with Crippen LogP contribution in [0.15, 0.2) is 18.2 Å². The van der Waals surface area contributed by atoms with Crippen LogP contribution in [0.4, 0.5) is 10.1 Å². The first-order chi connectivity index (χ1) is 7.66. The van der Waals surface area contributed by atoms with Crippen LogP contribution in [-0.2, 0) is 0 Å². The Hall–Kier alpha value is -1.16. The van der Waals surface area contributed by atoms with E-state index in [1.54, 1.807) is 6.07 Å². The van der Waals surface area contributed by atoms with Gasteiger partial charge in [0, 0.05) is 17.8 Å². The van der Waals surface area contributed by atoms with Gasteiger partial charge in [-0.15, -0.1) is 0 Å². The first-order valence-corrected chi connectivity index (χ1v) is 5.91. The van der Waals surface area contributed by atoms with E-state index in [9.17, 15) is 4.39 Å². The SMILES string of the molecule is NC(=S)c1ccc(NCC2CCC2)cc1F. The third-order valence-electron chi connectivity index (χ3n) is 3.05. The summed E-state index contributed by atoms with van der Waals surface area (Å²) in [6.45, 7) is 0.922. The van der Waals surface area contributed by atoms with Crippen molar-refractivity contribution in [1.29, 1.82) is 0 Å². The van der Waals surface area contributed by atoms with Gasteiger partial charge in [-0.1, -0.05) is 18.6 Å². The summed E-state index contributed by atoms with van der Waals surface area (Å²) in [6, 6.07) is 4.89. The summed E-state index contributed by atoms with van der Waals surface area (Å²) in [5, 5.41) is 3.23. The zero-order chi connectivity index (χ0) is 11.5. The van der Waals surface area contributed by atoms with Gasteiger partial charge < -0.3 is 11.1 Å². The van der Waals surface area contributed by atoms with Crippen molar-refractivity contribution in [3.05, 3.63) is 29.6 Å². The summed E-state index contributed by atoms with van der Waals surface area (Å²) in [5.74, 6) is 0.393. The van der Waals surface area contributed by atoms with E-state index in [2.05, 4.69) is 5.32 Å². The van der Waals surface area contributed by atoms with Gasteiger partial charge in [0.25, 0.3) is 0 Å². The third kappa shape index (κ3) is 2.50. The van der Waals surface area contributed by atoms with Crippen molar-refractivity contribution in [2.45, 2.75) is 19.3 Å². The average Bonchev–Trinajstić information content (AvgIpc) is 2.14. The van der Waals surface area contributed by atoms with E-state index in [1.165, 1.54) is 25.3 Å². The van der Waals surface area contributed by atoms with Crippen molar-refractivity contribution < 1.29 is 4.39 Å². The Morgan fingerprint density at radius 3 is 2.75 bits per heavy atom. The van der Waals surface area contributed by atoms with E-state index in [4.69, 9.17) is 18.0 Å². The van der Waals surface area contributed by atoms with Gasteiger partial charge in [-0.05, 0) is 37.0 Å². The molecule has 0 bridgehead atoms. The van der Waals surface area contributed by atoms with Gasteiger partial charge in [-0.25, -0.2) is 4.39 Å². The molecular weight excluding hydrogens is 223 g/mol. The standard InChI is InChI=1S/C12H15FN2S/c13-11-6-9(4-5-10(11)12(14)16)15-7-8-2-1-3-8/h4-6,8,15H,1-3,7H2,(H2,14,16). The molecule has 1 aromatic rings. The van der Waals surface area contributed by atoms with Crippen molar-refractivity contribution in [1.82, 2.24) is 0 Å². The van der Waals surface area contributed by atoms with E-state index in [0.717, 1.165) is 18.2 Å². The van der Waals surface area contributed by atoms with Gasteiger partial charge in [0.2, 0.25) is 0 Å². The molecule has 86 valence electrons. The van der Waals surface area contributed by atoms with Crippen LogP contribution in [0.25, 0.3) is 0 Å². The zero-order valence-electron chi connectivity index (χ0n) is 9.00. The number of nitrogens with two attached hydrogens (primary N) is 1. The second-order valence-electron chi connectivity index (χ2n) is 4.24. The van der Waals surface area contributed by atoms with Crippen LogP contribution in [0.2, 0.25) is 0 Å². The molecule has 1 aromatic carbocycles. The Balaban J connectivity index is 1.99. The fourth-order valence-corrected chi connectivity index (χ4v) is 1.95. The molecule has 0 amide bonds. The molecule has 0 atom stereocenters. The number of hydrogen-bond acceptors (Lipinski definition) is 2. The Morgan fingerprint density at radius 2 is 2.25 bits per heavy atom. The molecule has 1 aliphatic rings. The van der Waals surface area contributed by atoms with Gasteiger partial charge >= 0.3 is 0 Å². The minimum absolute atomic E-state index is 0.100. The molecule has 0 aromatic heterocycles. The molecule has 1 aliphatic carbocycles. The maximum Gasteiger partial charge on any atom is 0.135 e. The van der Waals surface area contributed by atoms with Gasteiger partial charge in [-0.2, -0.15) is 0 Å². The van der Waals surface area contributed by atoms with Crippen LogP contribution >= 0.6 is 12.2 Å². The highest BCUT2D eigenvalue weighted by Gasteiger charge is 2.16. The molecule has 1 saturated carbocycles. The summed E-state index contributed by atoms with van der Waals surface area (Å²) < 4.78 is 13.5. The minimum Gasteiger partial charge on any atom is -0.389 e. The number of halogens is 1. The fraction of sp³-hybridized carbons (Fsp3) is 0.417. The van der Waals surface area contributed by atoms with Crippen LogP contribution < -0.4 is 11.1 Å². The van der Waals surface area contributed by atoms with Crippen LogP contribution in [0.3, 0.4) is 0 Å². The van der Waals surface area contributed by atoms with Crippen molar-refractivity contribution in [3.63, 3.8) is 0 Å². The second-order valence-corrected chi connectivity index (χ2v) is 4.68. The topological polar surface area (TPSA) is 38.0 Å². The Labute approximate surface area is 100 Å². The van der Waals surface area contributed by atoms with Crippen molar-refractivity contribution in [2.75, 3.05) is 11.9 Å². The molecule has 4 heteroatoms. The smallest absolute Gasteiger partial charge is 0.135 e. The molecule has 3 N–H and O–H groups in total. The van der Waals surface area contributed by atoms with E-state index < -0.39 is 0 Å². The Kier molecular flexibility index (Phi) is 3.39. The summed E-state index contributed by atoms with van der Waals surface area (Å²) in [6.07, 6.45) is 3.88. The highest BCUT2D eigenvalue weighted by atomic mass is 32.1. The largest absolute Gasteiger partial charge is 0.389 e. The molecule has 0 unspecified atom stereocenters.